The van der Waals surface area contributed by atoms with Crippen molar-refractivity contribution in [2.45, 2.75) is 13.5 Å². The number of amides is 2. The Labute approximate surface area is 156 Å². The number of nitrogens with one attached hydrogen (secondary N) is 1. The summed E-state index contributed by atoms with van der Waals surface area (Å²) in [6, 6.07) is 6.43. The van der Waals surface area contributed by atoms with Crippen molar-refractivity contribution in [1.29, 1.82) is 0 Å². The number of fused-ring (bicyclic) bond motifs is 1. The van der Waals surface area contributed by atoms with Crippen molar-refractivity contribution in [2.24, 2.45) is 0 Å². The summed E-state index contributed by atoms with van der Waals surface area (Å²) in [5.74, 6) is 0.629. The molecule has 0 bridgehead atoms. The summed E-state index contributed by atoms with van der Waals surface area (Å²) in [5.41, 5.74) is 1.10. The van der Waals surface area contributed by atoms with Crippen LogP contribution in [0.3, 0.4) is 0 Å². The van der Waals surface area contributed by atoms with Gasteiger partial charge in [-0.2, -0.15) is 0 Å². The van der Waals surface area contributed by atoms with Gasteiger partial charge in [0.2, 0.25) is 5.89 Å². The van der Waals surface area contributed by atoms with Crippen LogP contribution in [-0.2, 0) is 6.54 Å². The van der Waals surface area contributed by atoms with Crippen molar-refractivity contribution in [2.75, 3.05) is 10.2 Å². The first-order chi connectivity index (χ1) is 12.9. The van der Waals surface area contributed by atoms with Crippen molar-refractivity contribution >= 4 is 35.2 Å². The minimum absolute atomic E-state index is 0.00995. The van der Waals surface area contributed by atoms with E-state index >= 15 is 0 Å². The maximum absolute atomic E-state index is 12.8. The van der Waals surface area contributed by atoms with Crippen LogP contribution < -0.4 is 10.2 Å². The van der Waals surface area contributed by atoms with Gasteiger partial charge in [0.1, 0.15) is 22.5 Å². The van der Waals surface area contributed by atoms with Crippen molar-refractivity contribution in [3.05, 3.63) is 46.4 Å². The van der Waals surface area contributed by atoms with Crippen molar-refractivity contribution in [3.8, 4) is 11.6 Å². The summed E-state index contributed by atoms with van der Waals surface area (Å²) in [4.78, 5) is 33.6. The van der Waals surface area contributed by atoms with Crippen molar-refractivity contribution in [1.82, 2.24) is 20.2 Å². The van der Waals surface area contributed by atoms with Crippen LogP contribution >= 0.6 is 11.6 Å². The van der Waals surface area contributed by atoms with Crippen LogP contribution in [0.25, 0.3) is 11.6 Å². The second kappa shape index (κ2) is 6.32. The predicted molar refractivity (Wildman–Crippen MR) is 93.7 cm³/mol. The number of hydrogen-bond donors (Lipinski definition) is 2. The fourth-order valence-corrected chi connectivity index (χ4v) is 2.94. The molecule has 3 aromatic heterocycles. The first-order valence-corrected chi connectivity index (χ1v) is 8.09. The van der Waals surface area contributed by atoms with Crippen LogP contribution in [0.5, 0.6) is 0 Å². The smallest absolute Gasteiger partial charge is 0.410 e. The molecule has 0 atom stereocenters. The SMILES string of the molecule is Cc1nnc(-c2cccc(N3Cc4c(cc(Cl)nc4NC(=O)O)C3=O)n2)o1. The molecule has 0 spiro atoms. The summed E-state index contributed by atoms with van der Waals surface area (Å²) in [5, 5.41) is 18.8. The summed E-state index contributed by atoms with van der Waals surface area (Å²) >= 11 is 5.92. The van der Waals surface area contributed by atoms with Crippen LogP contribution in [0.2, 0.25) is 5.15 Å². The van der Waals surface area contributed by atoms with Gasteiger partial charge in [0, 0.05) is 12.5 Å². The molecule has 27 heavy (non-hydrogen) atoms. The number of carbonyl (C=O) groups is 2. The molecule has 4 rings (SSSR count). The van der Waals surface area contributed by atoms with Gasteiger partial charge in [0.25, 0.3) is 11.8 Å². The lowest BCUT2D eigenvalue weighted by atomic mass is 10.1. The molecule has 2 amide bonds. The van der Waals surface area contributed by atoms with Gasteiger partial charge in [-0.25, -0.2) is 14.8 Å². The van der Waals surface area contributed by atoms with Gasteiger partial charge in [-0.15, -0.1) is 10.2 Å². The molecule has 0 unspecified atom stereocenters. The molecule has 136 valence electrons. The molecule has 2 N–H and O–H groups in total. The van der Waals surface area contributed by atoms with Gasteiger partial charge in [0.05, 0.1) is 12.1 Å². The van der Waals surface area contributed by atoms with Crippen LogP contribution in [0.1, 0.15) is 21.8 Å². The zero-order chi connectivity index (χ0) is 19.1. The van der Waals surface area contributed by atoms with E-state index in [9.17, 15) is 9.59 Å². The van der Waals surface area contributed by atoms with E-state index in [4.69, 9.17) is 21.1 Å². The number of carbonyl (C=O) groups excluding carboxylic acids is 1. The van der Waals surface area contributed by atoms with Crippen LogP contribution in [0, 0.1) is 6.92 Å². The zero-order valence-corrected chi connectivity index (χ0v) is 14.6. The van der Waals surface area contributed by atoms with Gasteiger partial charge in [-0.1, -0.05) is 17.7 Å². The lowest BCUT2D eigenvalue weighted by molar-refractivity contribution is 0.0996. The number of halogens is 1. The van der Waals surface area contributed by atoms with E-state index in [0.29, 0.717) is 23.0 Å². The molecule has 0 saturated heterocycles. The zero-order valence-electron chi connectivity index (χ0n) is 13.8. The van der Waals surface area contributed by atoms with E-state index in [2.05, 4.69) is 25.5 Å². The molecule has 1 aliphatic rings. The molecule has 0 radical (unpaired) electrons. The molecule has 0 fully saturated rings. The van der Waals surface area contributed by atoms with E-state index in [-0.39, 0.29) is 34.9 Å². The average molecular weight is 387 g/mol. The molecule has 4 heterocycles. The first kappa shape index (κ1) is 16.9. The number of anilines is 2. The second-order valence-corrected chi connectivity index (χ2v) is 6.04. The lowest BCUT2D eigenvalue weighted by Gasteiger charge is -2.14. The highest BCUT2D eigenvalue weighted by molar-refractivity contribution is 6.30. The highest BCUT2D eigenvalue weighted by atomic mass is 35.5. The van der Waals surface area contributed by atoms with Crippen molar-refractivity contribution < 1.29 is 19.1 Å². The van der Waals surface area contributed by atoms with E-state index in [1.54, 1.807) is 25.1 Å². The van der Waals surface area contributed by atoms with Gasteiger partial charge >= 0.3 is 6.09 Å². The molecular formula is C16H11ClN6O4. The summed E-state index contributed by atoms with van der Waals surface area (Å²) in [7, 11) is 0. The van der Waals surface area contributed by atoms with Crippen molar-refractivity contribution in [3.63, 3.8) is 0 Å². The largest absolute Gasteiger partial charge is 0.465 e. The third kappa shape index (κ3) is 3.06. The van der Waals surface area contributed by atoms with Gasteiger partial charge in [-0.3, -0.25) is 15.0 Å². The Morgan fingerprint density at radius 3 is 2.85 bits per heavy atom. The van der Waals surface area contributed by atoms with Gasteiger partial charge < -0.3 is 9.52 Å². The fourth-order valence-electron chi connectivity index (χ4n) is 2.75. The fraction of sp³-hybridized carbons (Fsp3) is 0.125. The third-order valence-corrected chi connectivity index (χ3v) is 4.06. The Kier molecular flexibility index (Phi) is 3.96. The monoisotopic (exact) mass is 386 g/mol. The molecule has 0 aromatic carbocycles. The Morgan fingerprint density at radius 2 is 2.15 bits per heavy atom. The minimum atomic E-state index is -1.30. The number of aromatic nitrogens is 4. The quantitative estimate of drug-likeness (QED) is 0.656. The molecule has 1 aliphatic heterocycles. The second-order valence-electron chi connectivity index (χ2n) is 5.65. The third-order valence-electron chi connectivity index (χ3n) is 3.87. The summed E-state index contributed by atoms with van der Waals surface area (Å²) < 4.78 is 5.36. The van der Waals surface area contributed by atoms with E-state index in [1.165, 1.54) is 11.0 Å². The van der Waals surface area contributed by atoms with E-state index in [0.717, 1.165) is 0 Å². The summed E-state index contributed by atoms with van der Waals surface area (Å²) in [6.45, 7) is 1.75. The normalized spacial score (nSPS) is 13.0. The summed E-state index contributed by atoms with van der Waals surface area (Å²) in [6.07, 6.45) is -1.30. The molecule has 0 aliphatic carbocycles. The standard InChI is InChI=1S/C16H11ClN6O4/c1-7-21-22-14(27-7)10-3-2-4-12(18-10)23-6-9-8(15(23)24)5-11(17)19-13(9)20-16(25)26/h2-5H,6H2,1H3,(H,19,20)(H,25,26). The lowest BCUT2D eigenvalue weighted by Crippen LogP contribution is -2.24. The first-order valence-electron chi connectivity index (χ1n) is 7.71. The maximum atomic E-state index is 12.8. The molecule has 11 heteroatoms. The topological polar surface area (TPSA) is 134 Å². The predicted octanol–water partition coefficient (Wildman–Crippen LogP) is 2.74. The van der Waals surface area contributed by atoms with E-state index in [1.807, 2.05) is 0 Å². The number of hydrogen-bond acceptors (Lipinski definition) is 7. The minimum Gasteiger partial charge on any atom is -0.465 e. The molecule has 3 aromatic rings. The number of aryl methyl sites for hydroxylation is 1. The Morgan fingerprint density at radius 1 is 1.33 bits per heavy atom. The average Bonchev–Trinajstić information content (AvgIpc) is 3.19. The number of nitrogens with zero attached hydrogens (tertiary/aromatic N) is 5. The van der Waals surface area contributed by atoms with Crippen LogP contribution in [0.15, 0.2) is 28.7 Å². The molecule has 10 nitrogen and oxygen atoms in total. The van der Waals surface area contributed by atoms with E-state index < -0.39 is 6.09 Å². The Balaban J connectivity index is 1.72. The van der Waals surface area contributed by atoms with Gasteiger partial charge in [-0.05, 0) is 18.2 Å². The number of carboxylic acid groups (broad SMARTS) is 1. The number of rotatable bonds is 3. The number of pyridine rings is 2. The van der Waals surface area contributed by atoms with Crippen LogP contribution in [0.4, 0.5) is 16.4 Å². The highest BCUT2D eigenvalue weighted by Gasteiger charge is 2.33. The highest BCUT2D eigenvalue weighted by Crippen LogP contribution is 2.33. The maximum Gasteiger partial charge on any atom is 0.410 e. The molecule has 0 saturated carbocycles. The van der Waals surface area contributed by atoms with Crippen LogP contribution in [-0.4, -0.2) is 37.3 Å². The Bertz CT molecular complexity index is 1080. The Hall–Kier alpha value is -3.53. The van der Waals surface area contributed by atoms with Gasteiger partial charge in [0.15, 0.2) is 0 Å². The molecular weight excluding hydrogens is 376 g/mol.